The normalized spacial score (nSPS) is 32.9. The molecule has 2 rings (SSSR count). The highest BCUT2D eigenvalue weighted by atomic mass is 16.6. The number of H-pyrrole nitrogens is 1. The number of rotatable bonds is 2. The van der Waals surface area contributed by atoms with E-state index in [1.54, 1.807) is 0 Å². The first kappa shape index (κ1) is 12.0. The van der Waals surface area contributed by atoms with Gasteiger partial charge in [0.15, 0.2) is 6.23 Å². The van der Waals surface area contributed by atoms with Gasteiger partial charge in [-0.3, -0.25) is 14.3 Å². The molecule has 0 saturated carbocycles. The van der Waals surface area contributed by atoms with Crippen molar-refractivity contribution in [1.29, 1.82) is 0 Å². The Morgan fingerprint density at radius 1 is 1.35 bits per heavy atom. The van der Waals surface area contributed by atoms with Gasteiger partial charge >= 0.3 is 5.69 Å². The van der Waals surface area contributed by atoms with Gasteiger partial charge in [0.1, 0.15) is 18.3 Å². The second-order valence-electron chi connectivity index (χ2n) is 3.75. The van der Waals surface area contributed by atoms with Gasteiger partial charge in [-0.2, -0.15) is 0 Å². The standard InChI is InChI=1S/C9H12N2O6/c12-3-4-6(14)7(15)8(17-4)11-2-1-5(13)10-9(11)16/h1-2,4,6-8,12,14-15H,3H2,(H,10,13,16)/t4-,6?,7-,8-/m0/s1. The van der Waals surface area contributed by atoms with E-state index in [1.165, 1.54) is 0 Å². The van der Waals surface area contributed by atoms with Crippen LogP contribution < -0.4 is 11.2 Å². The number of aliphatic hydroxyl groups excluding tert-OH is 3. The van der Waals surface area contributed by atoms with Crippen molar-refractivity contribution >= 4 is 0 Å². The lowest BCUT2D eigenvalue weighted by atomic mass is 10.1. The van der Waals surface area contributed by atoms with Crippen LogP contribution in [0.5, 0.6) is 0 Å². The highest BCUT2D eigenvalue weighted by Gasteiger charge is 2.43. The molecule has 8 nitrogen and oxygen atoms in total. The van der Waals surface area contributed by atoms with E-state index < -0.39 is 42.4 Å². The maximum absolute atomic E-state index is 11.4. The van der Waals surface area contributed by atoms with Crippen LogP contribution in [0.2, 0.25) is 0 Å². The average molecular weight is 244 g/mol. The van der Waals surface area contributed by atoms with Gasteiger partial charge < -0.3 is 20.1 Å². The monoisotopic (exact) mass is 244 g/mol. The quantitative estimate of drug-likeness (QED) is 0.444. The molecule has 0 bridgehead atoms. The zero-order valence-electron chi connectivity index (χ0n) is 8.68. The van der Waals surface area contributed by atoms with E-state index in [0.717, 1.165) is 16.8 Å². The van der Waals surface area contributed by atoms with Crippen molar-refractivity contribution in [2.75, 3.05) is 6.61 Å². The minimum Gasteiger partial charge on any atom is -0.394 e. The summed E-state index contributed by atoms with van der Waals surface area (Å²) < 4.78 is 6.08. The summed E-state index contributed by atoms with van der Waals surface area (Å²) >= 11 is 0. The van der Waals surface area contributed by atoms with E-state index in [0.29, 0.717) is 0 Å². The Balaban J connectivity index is 2.35. The molecule has 94 valence electrons. The molecule has 1 fully saturated rings. The van der Waals surface area contributed by atoms with E-state index in [-0.39, 0.29) is 0 Å². The number of aromatic amines is 1. The van der Waals surface area contributed by atoms with Crippen LogP contribution in [0.3, 0.4) is 0 Å². The van der Waals surface area contributed by atoms with Crippen molar-refractivity contribution < 1.29 is 20.1 Å². The van der Waals surface area contributed by atoms with Crippen LogP contribution in [0, 0.1) is 0 Å². The summed E-state index contributed by atoms with van der Waals surface area (Å²) in [4.78, 5) is 24.3. The summed E-state index contributed by atoms with van der Waals surface area (Å²) in [7, 11) is 0. The van der Waals surface area contributed by atoms with Gasteiger partial charge in [0, 0.05) is 12.3 Å². The van der Waals surface area contributed by atoms with E-state index in [2.05, 4.69) is 0 Å². The summed E-state index contributed by atoms with van der Waals surface area (Å²) in [5.74, 6) is 0. The molecule has 4 N–H and O–H groups in total. The first-order valence-electron chi connectivity index (χ1n) is 4.98. The van der Waals surface area contributed by atoms with E-state index in [4.69, 9.17) is 9.84 Å². The third-order valence-corrected chi connectivity index (χ3v) is 2.64. The lowest BCUT2D eigenvalue weighted by Gasteiger charge is -2.16. The minimum atomic E-state index is -1.35. The molecule has 0 aromatic carbocycles. The number of aromatic nitrogens is 2. The van der Waals surface area contributed by atoms with Crippen LogP contribution >= 0.6 is 0 Å². The molecule has 4 atom stereocenters. The topological polar surface area (TPSA) is 125 Å². The average Bonchev–Trinajstić information content (AvgIpc) is 2.57. The Kier molecular flexibility index (Phi) is 3.11. The van der Waals surface area contributed by atoms with Crippen LogP contribution in [0.4, 0.5) is 0 Å². The number of hydrogen-bond acceptors (Lipinski definition) is 6. The van der Waals surface area contributed by atoms with Crippen LogP contribution in [0.25, 0.3) is 0 Å². The third kappa shape index (κ3) is 2.03. The smallest absolute Gasteiger partial charge is 0.330 e. The molecule has 0 amide bonds. The minimum absolute atomic E-state index is 0.479. The zero-order chi connectivity index (χ0) is 12.6. The summed E-state index contributed by atoms with van der Waals surface area (Å²) in [6.45, 7) is -0.479. The summed E-state index contributed by atoms with van der Waals surface area (Å²) in [6, 6.07) is 1.09. The van der Waals surface area contributed by atoms with Gasteiger partial charge in [-0.05, 0) is 0 Å². The van der Waals surface area contributed by atoms with Crippen LogP contribution in [0.15, 0.2) is 21.9 Å². The third-order valence-electron chi connectivity index (χ3n) is 2.64. The molecule has 8 heteroatoms. The maximum Gasteiger partial charge on any atom is 0.330 e. The Bertz CT molecular complexity index is 509. The van der Waals surface area contributed by atoms with Crippen LogP contribution in [-0.2, 0) is 4.74 Å². The van der Waals surface area contributed by atoms with Crippen molar-refractivity contribution in [2.45, 2.75) is 24.5 Å². The fourth-order valence-electron chi connectivity index (χ4n) is 1.74. The largest absolute Gasteiger partial charge is 0.394 e. The van der Waals surface area contributed by atoms with Gasteiger partial charge in [-0.15, -0.1) is 0 Å². The van der Waals surface area contributed by atoms with Crippen LogP contribution in [0.1, 0.15) is 6.23 Å². The fraction of sp³-hybridized carbons (Fsp3) is 0.556. The second-order valence-corrected chi connectivity index (χ2v) is 3.75. The number of nitrogens with one attached hydrogen (secondary N) is 1. The number of hydrogen-bond donors (Lipinski definition) is 4. The van der Waals surface area contributed by atoms with Gasteiger partial charge in [-0.1, -0.05) is 0 Å². The maximum atomic E-state index is 11.4. The molecular weight excluding hydrogens is 232 g/mol. The lowest BCUT2D eigenvalue weighted by molar-refractivity contribution is -0.0550. The number of nitrogens with zero attached hydrogens (tertiary/aromatic N) is 1. The lowest BCUT2D eigenvalue weighted by Crippen LogP contribution is -2.37. The van der Waals surface area contributed by atoms with Crippen molar-refractivity contribution in [1.82, 2.24) is 9.55 Å². The summed E-state index contributed by atoms with van der Waals surface area (Å²) in [5.41, 5.74) is -1.33. The molecule has 0 radical (unpaired) electrons. The molecule has 1 unspecified atom stereocenters. The molecule has 0 spiro atoms. The van der Waals surface area contributed by atoms with Gasteiger partial charge in [0.2, 0.25) is 0 Å². The molecule has 1 aliphatic heterocycles. The first-order valence-corrected chi connectivity index (χ1v) is 4.98. The van der Waals surface area contributed by atoms with Crippen molar-refractivity contribution in [2.24, 2.45) is 0 Å². The van der Waals surface area contributed by atoms with E-state index in [1.807, 2.05) is 4.98 Å². The fourth-order valence-corrected chi connectivity index (χ4v) is 1.74. The predicted molar refractivity (Wildman–Crippen MR) is 54.3 cm³/mol. The summed E-state index contributed by atoms with van der Waals surface area (Å²) in [6.07, 6.45) is -3.58. The first-order chi connectivity index (χ1) is 8.04. The Hall–Kier alpha value is -1.48. The van der Waals surface area contributed by atoms with E-state index in [9.17, 15) is 19.8 Å². The SMILES string of the molecule is O=c1ccn([C@H]2O[C@@H](CO)C(O)[C@@H]2O)c(=O)[nH]1. The van der Waals surface area contributed by atoms with E-state index >= 15 is 0 Å². The molecule has 0 aliphatic carbocycles. The highest BCUT2D eigenvalue weighted by Crippen LogP contribution is 2.27. The van der Waals surface area contributed by atoms with Crippen molar-refractivity contribution in [3.05, 3.63) is 33.1 Å². The summed E-state index contributed by atoms with van der Waals surface area (Å²) in [5, 5.41) is 28.1. The van der Waals surface area contributed by atoms with Gasteiger partial charge in [0.05, 0.1) is 6.61 Å². The molecule has 17 heavy (non-hydrogen) atoms. The number of ether oxygens (including phenoxy) is 1. The second kappa shape index (κ2) is 4.41. The highest BCUT2D eigenvalue weighted by molar-refractivity contribution is 4.92. The zero-order valence-corrected chi connectivity index (χ0v) is 8.68. The van der Waals surface area contributed by atoms with Crippen LogP contribution in [-0.4, -0.2) is 49.8 Å². The Morgan fingerprint density at radius 3 is 2.59 bits per heavy atom. The molecule has 1 aliphatic rings. The van der Waals surface area contributed by atoms with Crippen molar-refractivity contribution in [3.63, 3.8) is 0 Å². The molecule has 1 aromatic rings. The van der Waals surface area contributed by atoms with Gasteiger partial charge in [-0.25, -0.2) is 4.79 Å². The molecular formula is C9H12N2O6. The number of aliphatic hydroxyl groups is 3. The predicted octanol–water partition coefficient (Wildman–Crippen LogP) is -2.85. The Labute approximate surface area is 94.7 Å². The molecule has 2 heterocycles. The molecule has 1 aromatic heterocycles. The Morgan fingerprint density at radius 2 is 2.06 bits per heavy atom. The van der Waals surface area contributed by atoms with Crippen molar-refractivity contribution in [3.8, 4) is 0 Å². The molecule has 1 saturated heterocycles. The van der Waals surface area contributed by atoms with Gasteiger partial charge in [0.25, 0.3) is 5.56 Å².